The molecule has 3 rings (SSSR count). The lowest BCUT2D eigenvalue weighted by Crippen LogP contribution is -2.42. The summed E-state index contributed by atoms with van der Waals surface area (Å²) in [6.07, 6.45) is 12.1. The van der Waals surface area contributed by atoms with Crippen LogP contribution in [0.2, 0.25) is 0 Å². The van der Waals surface area contributed by atoms with Crippen LogP contribution in [0.3, 0.4) is 0 Å². The van der Waals surface area contributed by atoms with Crippen molar-refractivity contribution < 1.29 is 0 Å². The number of aromatic nitrogens is 1. The van der Waals surface area contributed by atoms with Crippen LogP contribution >= 0.6 is 0 Å². The van der Waals surface area contributed by atoms with E-state index in [2.05, 4.69) is 21.7 Å². The van der Waals surface area contributed by atoms with Gasteiger partial charge in [0.1, 0.15) is 0 Å². The molecule has 1 saturated carbocycles. The molecule has 104 valence electrons. The zero-order chi connectivity index (χ0) is 13.0. The van der Waals surface area contributed by atoms with Crippen molar-refractivity contribution in [2.24, 2.45) is 5.41 Å². The molecule has 0 radical (unpaired) electrons. The average molecular weight is 259 g/mol. The second-order valence-electron chi connectivity index (χ2n) is 6.27. The van der Waals surface area contributed by atoms with E-state index in [0.29, 0.717) is 11.5 Å². The first kappa shape index (κ1) is 13.1. The highest BCUT2D eigenvalue weighted by Gasteiger charge is 2.35. The molecule has 0 aromatic carbocycles. The Kier molecular flexibility index (Phi) is 4.14. The molecule has 1 aromatic heterocycles. The number of hydrogen-bond acceptors (Lipinski definition) is 3. The van der Waals surface area contributed by atoms with Gasteiger partial charge in [-0.25, -0.2) is 0 Å². The first-order valence-corrected chi connectivity index (χ1v) is 7.69. The Balaban J connectivity index is 1.45. The van der Waals surface area contributed by atoms with E-state index < -0.39 is 0 Å². The first-order chi connectivity index (χ1) is 9.36. The number of rotatable bonds is 3. The van der Waals surface area contributed by atoms with Crippen LogP contribution in [0.15, 0.2) is 24.5 Å². The summed E-state index contributed by atoms with van der Waals surface area (Å²) in [6, 6.07) is 4.87. The summed E-state index contributed by atoms with van der Waals surface area (Å²) in [5.74, 6) is 0. The lowest BCUT2D eigenvalue weighted by Gasteiger charge is -2.43. The Morgan fingerprint density at radius 1 is 1.21 bits per heavy atom. The largest absolute Gasteiger partial charge is 0.317 e. The van der Waals surface area contributed by atoms with Gasteiger partial charge < -0.3 is 10.6 Å². The fourth-order valence-corrected chi connectivity index (χ4v) is 3.66. The fourth-order valence-electron chi connectivity index (χ4n) is 3.66. The quantitative estimate of drug-likeness (QED) is 0.875. The summed E-state index contributed by atoms with van der Waals surface area (Å²) in [4.78, 5) is 4.17. The second-order valence-corrected chi connectivity index (χ2v) is 6.27. The molecule has 1 aliphatic heterocycles. The molecule has 1 saturated heterocycles. The fraction of sp³-hybridized carbons (Fsp3) is 0.688. The maximum atomic E-state index is 4.17. The second kappa shape index (κ2) is 6.02. The Morgan fingerprint density at radius 2 is 2.00 bits per heavy atom. The molecule has 19 heavy (non-hydrogen) atoms. The van der Waals surface area contributed by atoms with Gasteiger partial charge in [0.05, 0.1) is 0 Å². The van der Waals surface area contributed by atoms with E-state index in [1.807, 2.05) is 18.5 Å². The van der Waals surface area contributed by atoms with Gasteiger partial charge in [-0.2, -0.15) is 0 Å². The number of pyridine rings is 1. The normalized spacial score (nSPS) is 23.6. The molecule has 2 fully saturated rings. The van der Waals surface area contributed by atoms with Gasteiger partial charge in [-0.05, 0) is 68.7 Å². The van der Waals surface area contributed by atoms with Crippen molar-refractivity contribution >= 4 is 0 Å². The van der Waals surface area contributed by atoms with Crippen molar-refractivity contribution in [1.29, 1.82) is 0 Å². The van der Waals surface area contributed by atoms with Crippen LogP contribution in [-0.2, 0) is 6.54 Å². The Hall–Kier alpha value is -0.930. The van der Waals surface area contributed by atoms with Crippen LogP contribution in [0.5, 0.6) is 0 Å². The van der Waals surface area contributed by atoms with Gasteiger partial charge in [-0.1, -0.05) is 6.07 Å². The van der Waals surface area contributed by atoms with Crippen molar-refractivity contribution in [3.05, 3.63) is 30.1 Å². The van der Waals surface area contributed by atoms with E-state index in [1.165, 1.54) is 57.2 Å². The molecule has 3 heteroatoms. The summed E-state index contributed by atoms with van der Waals surface area (Å²) in [5.41, 5.74) is 1.97. The molecule has 2 aliphatic rings. The van der Waals surface area contributed by atoms with Crippen molar-refractivity contribution in [2.45, 2.75) is 51.1 Å². The van der Waals surface area contributed by atoms with Gasteiger partial charge in [0, 0.05) is 25.0 Å². The molecule has 1 aliphatic carbocycles. The summed E-state index contributed by atoms with van der Waals surface area (Å²) < 4.78 is 0. The highest BCUT2D eigenvalue weighted by molar-refractivity contribution is 5.08. The van der Waals surface area contributed by atoms with E-state index in [0.717, 1.165) is 6.54 Å². The van der Waals surface area contributed by atoms with Crippen LogP contribution in [0.4, 0.5) is 0 Å². The molecule has 2 heterocycles. The standard InChI is InChI=1S/C16H25N3/c1-2-14(12-18-9-1)13-19-15-3-5-16(6-4-15)7-10-17-11-8-16/h1-2,9,12,15,17,19H,3-8,10-11,13H2. The van der Waals surface area contributed by atoms with Gasteiger partial charge in [-0.3, -0.25) is 4.98 Å². The lowest BCUT2D eigenvalue weighted by atomic mass is 9.67. The SMILES string of the molecule is c1cncc(CNC2CCC3(CCNCC3)CC2)c1. The average Bonchev–Trinajstić information content (AvgIpc) is 2.49. The molecular formula is C16H25N3. The predicted molar refractivity (Wildman–Crippen MR) is 77.9 cm³/mol. The zero-order valence-electron chi connectivity index (χ0n) is 11.7. The summed E-state index contributed by atoms with van der Waals surface area (Å²) in [7, 11) is 0. The summed E-state index contributed by atoms with van der Waals surface area (Å²) >= 11 is 0. The van der Waals surface area contributed by atoms with Crippen molar-refractivity contribution in [1.82, 2.24) is 15.6 Å². The maximum absolute atomic E-state index is 4.17. The number of piperidine rings is 1. The minimum Gasteiger partial charge on any atom is -0.317 e. The van der Waals surface area contributed by atoms with E-state index >= 15 is 0 Å². The lowest BCUT2D eigenvalue weighted by molar-refractivity contribution is 0.115. The van der Waals surface area contributed by atoms with Gasteiger partial charge in [-0.15, -0.1) is 0 Å². The number of nitrogens with zero attached hydrogens (tertiary/aromatic N) is 1. The monoisotopic (exact) mass is 259 g/mol. The third-order valence-electron chi connectivity index (χ3n) is 5.03. The van der Waals surface area contributed by atoms with Gasteiger partial charge in [0.2, 0.25) is 0 Å². The van der Waals surface area contributed by atoms with Gasteiger partial charge >= 0.3 is 0 Å². The van der Waals surface area contributed by atoms with Crippen molar-refractivity contribution in [3.8, 4) is 0 Å². The molecule has 0 unspecified atom stereocenters. The highest BCUT2D eigenvalue weighted by Crippen LogP contribution is 2.43. The van der Waals surface area contributed by atoms with Crippen LogP contribution in [0.25, 0.3) is 0 Å². The van der Waals surface area contributed by atoms with Crippen LogP contribution in [0, 0.1) is 5.41 Å². The van der Waals surface area contributed by atoms with Crippen LogP contribution in [-0.4, -0.2) is 24.1 Å². The van der Waals surface area contributed by atoms with Crippen LogP contribution < -0.4 is 10.6 Å². The summed E-state index contributed by atoms with van der Waals surface area (Å²) in [6.45, 7) is 3.43. The molecule has 0 amide bonds. The topological polar surface area (TPSA) is 37.0 Å². The molecule has 0 bridgehead atoms. The minimum atomic E-state index is 0.678. The third-order valence-corrected chi connectivity index (χ3v) is 5.03. The molecule has 3 nitrogen and oxygen atoms in total. The van der Waals surface area contributed by atoms with E-state index in [-0.39, 0.29) is 0 Å². The smallest absolute Gasteiger partial charge is 0.0312 e. The zero-order valence-corrected chi connectivity index (χ0v) is 11.7. The Bertz CT molecular complexity index is 374. The third kappa shape index (κ3) is 3.34. The van der Waals surface area contributed by atoms with Crippen molar-refractivity contribution in [2.75, 3.05) is 13.1 Å². The highest BCUT2D eigenvalue weighted by atomic mass is 14.9. The summed E-state index contributed by atoms with van der Waals surface area (Å²) in [5, 5.41) is 7.20. The molecule has 0 atom stereocenters. The van der Waals surface area contributed by atoms with E-state index in [1.54, 1.807) is 0 Å². The predicted octanol–water partition coefficient (Wildman–Crippen LogP) is 2.48. The van der Waals surface area contributed by atoms with E-state index in [4.69, 9.17) is 0 Å². The molecular weight excluding hydrogens is 234 g/mol. The maximum Gasteiger partial charge on any atom is 0.0312 e. The number of nitrogens with one attached hydrogen (secondary N) is 2. The van der Waals surface area contributed by atoms with Gasteiger partial charge in [0.25, 0.3) is 0 Å². The Labute approximate surface area is 116 Å². The number of hydrogen-bond donors (Lipinski definition) is 2. The Morgan fingerprint density at radius 3 is 2.68 bits per heavy atom. The van der Waals surface area contributed by atoms with Crippen LogP contribution in [0.1, 0.15) is 44.1 Å². The van der Waals surface area contributed by atoms with Crippen molar-refractivity contribution in [3.63, 3.8) is 0 Å². The molecule has 2 N–H and O–H groups in total. The minimum absolute atomic E-state index is 0.678. The van der Waals surface area contributed by atoms with E-state index in [9.17, 15) is 0 Å². The first-order valence-electron chi connectivity index (χ1n) is 7.69. The molecule has 1 aromatic rings. The molecule has 1 spiro atoms. The van der Waals surface area contributed by atoms with Gasteiger partial charge in [0.15, 0.2) is 0 Å².